The Morgan fingerprint density at radius 2 is 1.78 bits per heavy atom. The van der Waals surface area contributed by atoms with Gasteiger partial charge in [0.15, 0.2) is 0 Å². The molecule has 1 aliphatic carbocycles. The fourth-order valence-electron chi connectivity index (χ4n) is 3.57. The molecular weight excluding hydrogens is 290 g/mol. The van der Waals surface area contributed by atoms with Crippen molar-refractivity contribution in [2.75, 3.05) is 7.05 Å². The number of aldehydes is 1. The lowest BCUT2D eigenvalue weighted by Gasteiger charge is -2.40. The van der Waals surface area contributed by atoms with Gasteiger partial charge in [0.2, 0.25) is 0 Å². The minimum Gasteiger partial charge on any atom is -0.444 e. The summed E-state index contributed by atoms with van der Waals surface area (Å²) >= 11 is 0. The predicted molar refractivity (Wildman–Crippen MR) is 90.4 cm³/mol. The van der Waals surface area contributed by atoms with Crippen molar-refractivity contribution >= 4 is 12.4 Å². The van der Waals surface area contributed by atoms with E-state index in [1.54, 1.807) is 7.05 Å². The number of hydrogen-bond acceptors (Lipinski definition) is 3. The van der Waals surface area contributed by atoms with Crippen LogP contribution in [0.3, 0.4) is 0 Å². The van der Waals surface area contributed by atoms with Gasteiger partial charge >= 0.3 is 6.09 Å². The summed E-state index contributed by atoms with van der Waals surface area (Å²) in [5, 5.41) is 0. The molecule has 1 amide bonds. The molecule has 126 valence electrons. The largest absolute Gasteiger partial charge is 0.444 e. The van der Waals surface area contributed by atoms with E-state index < -0.39 is 17.7 Å². The molecule has 1 aromatic rings. The SMILES string of the molecule is CN(C(=O)OC(C)(C)C)C(C=O)C1(c2ccccc2)CCCC1. The van der Waals surface area contributed by atoms with E-state index in [4.69, 9.17) is 4.74 Å². The van der Waals surface area contributed by atoms with Gasteiger partial charge in [-0.15, -0.1) is 0 Å². The lowest BCUT2D eigenvalue weighted by molar-refractivity contribution is -0.114. The first-order valence-corrected chi connectivity index (χ1v) is 8.27. The van der Waals surface area contributed by atoms with Gasteiger partial charge in [-0.25, -0.2) is 4.79 Å². The number of rotatable bonds is 4. The van der Waals surface area contributed by atoms with Crippen LogP contribution in [0.15, 0.2) is 30.3 Å². The van der Waals surface area contributed by atoms with E-state index in [0.717, 1.165) is 37.5 Å². The summed E-state index contributed by atoms with van der Waals surface area (Å²) in [5.41, 5.74) is 0.244. The van der Waals surface area contributed by atoms with E-state index in [0.29, 0.717) is 0 Å². The van der Waals surface area contributed by atoms with Crippen LogP contribution in [-0.4, -0.2) is 36.0 Å². The van der Waals surface area contributed by atoms with Gasteiger partial charge in [-0.05, 0) is 39.2 Å². The molecule has 1 saturated carbocycles. The molecule has 4 heteroatoms. The second kappa shape index (κ2) is 6.73. The smallest absolute Gasteiger partial charge is 0.410 e. The fraction of sp³-hybridized carbons (Fsp3) is 0.579. The van der Waals surface area contributed by atoms with Crippen LogP contribution in [0, 0.1) is 0 Å². The third-order valence-corrected chi connectivity index (χ3v) is 4.64. The van der Waals surface area contributed by atoms with Gasteiger partial charge in [-0.3, -0.25) is 0 Å². The van der Waals surface area contributed by atoms with E-state index in [9.17, 15) is 9.59 Å². The summed E-state index contributed by atoms with van der Waals surface area (Å²) in [5.74, 6) is 0. The molecule has 0 spiro atoms. The number of nitrogens with zero attached hydrogens (tertiary/aromatic N) is 1. The van der Waals surface area contributed by atoms with Crippen molar-refractivity contribution in [1.29, 1.82) is 0 Å². The number of carbonyl (C=O) groups is 2. The van der Waals surface area contributed by atoms with Crippen LogP contribution in [0.2, 0.25) is 0 Å². The Bertz CT molecular complexity index is 541. The molecule has 0 saturated heterocycles. The van der Waals surface area contributed by atoms with Crippen LogP contribution in [0.25, 0.3) is 0 Å². The van der Waals surface area contributed by atoms with Crippen molar-refractivity contribution in [3.63, 3.8) is 0 Å². The van der Waals surface area contributed by atoms with E-state index in [2.05, 4.69) is 12.1 Å². The predicted octanol–water partition coefficient (Wildman–Crippen LogP) is 3.93. The highest BCUT2D eigenvalue weighted by molar-refractivity contribution is 5.75. The van der Waals surface area contributed by atoms with Crippen LogP contribution in [0.5, 0.6) is 0 Å². The third-order valence-electron chi connectivity index (χ3n) is 4.64. The molecular formula is C19H27NO3. The lowest BCUT2D eigenvalue weighted by atomic mass is 9.72. The molecule has 4 nitrogen and oxygen atoms in total. The number of hydrogen-bond donors (Lipinski definition) is 0. The van der Waals surface area contributed by atoms with Crippen molar-refractivity contribution < 1.29 is 14.3 Å². The number of carbonyl (C=O) groups excluding carboxylic acids is 2. The minimum atomic E-state index is -0.575. The maximum absolute atomic E-state index is 12.4. The first-order valence-electron chi connectivity index (χ1n) is 8.27. The zero-order valence-electron chi connectivity index (χ0n) is 14.5. The molecule has 0 radical (unpaired) electrons. The first-order chi connectivity index (χ1) is 10.8. The van der Waals surface area contributed by atoms with E-state index in [1.807, 2.05) is 39.0 Å². The van der Waals surface area contributed by atoms with Crippen molar-refractivity contribution in [1.82, 2.24) is 4.90 Å². The molecule has 1 aliphatic rings. The maximum atomic E-state index is 12.4. The Balaban J connectivity index is 2.33. The highest BCUT2D eigenvalue weighted by Gasteiger charge is 2.46. The van der Waals surface area contributed by atoms with Crippen molar-refractivity contribution in [3.05, 3.63) is 35.9 Å². The zero-order valence-corrected chi connectivity index (χ0v) is 14.5. The normalized spacial score (nSPS) is 18.3. The monoisotopic (exact) mass is 317 g/mol. The number of benzene rings is 1. The summed E-state index contributed by atoms with van der Waals surface area (Å²) in [4.78, 5) is 25.8. The lowest BCUT2D eigenvalue weighted by Crippen LogP contribution is -2.52. The molecule has 0 bridgehead atoms. The zero-order chi connectivity index (χ0) is 17.1. The molecule has 0 aliphatic heterocycles. The van der Waals surface area contributed by atoms with Gasteiger partial charge in [0.05, 0.1) is 6.04 Å². The Hall–Kier alpha value is -1.84. The van der Waals surface area contributed by atoms with Gasteiger partial charge in [0.25, 0.3) is 0 Å². The first kappa shape index (κ1) is 17.5. The van der Waals surface area contributed by atoms with Crippen molar-refractivity contribution in [2.45, 2.75) is 63.5 Å². The second-order valence-corrected chi connectivity index (χ2v) is 7.40. The fourth-order valence-corrected chi connectivity index (χ4v) is 3.57. The Morgan fingerprint density at radius 3 is 2.26 bits per heavy atom. The molecule has 1 fully saturated rings. The van der Waals surface area contributed by atoms with Crippen LogP contribution < -0.4 is 0 Å². The molecule has 0 heterocycles. The second-order valence-electron chi connectivity index (χ2n) is 7.40. The number of likely N-dealkylation sites (N-methyl/N-ethyl adjacent to an activating group) is 1. The Kier molecular flexibility index (Phi) is 5.12. The van der Waals surface area contributed by atoms with Gasteiger partial charge in [-0.1, -0.05) is 43.2 Å². The standard InChI is InChI=1S/C19H27NO3/c1-18(2,3)23-17(22)20(4)16(14-21)19(12-8-9-13-19)15-10-6-5-7-11-15/h5-7,10-11,14,16H,8-9,12-13H2,1-4H3. The molecule has 1 atom stereocenters. The summed E-state index contributed by atoms with van der Waals surface area (Å²) in [7, 11) is 1.66. The quantitative estimate of drug-likeness (QED) is 0.790. The van der Waals surface area contributed by atoms with Crippen LogP contribution in [0.4, 0.5) is 4.79 Å². The Labute approximate surface area is 138 Å². The van der Waals surface area contributed by atoms with Crippen molar-refractivity contribution in [2.24, 2.45) is 0 Å². The van der Waals surface area contributed by atoms with Crippen LogP contribution in [0.1, 0.15) is 52.0 Å². The average molecular weight is 317 g/mol. The summed E-state index contributed by atoms with van der Waals surface area (Å²) in [6, 6.07) is 9.56. The van der Waals surface area contributed by atoms with E-state index in [1.165, 1.54) is 4.90 Å². The number of ether oxygens (including phenoxy) is 1. The number of amides is 1. The summed E-state index contributed by atoms with van der Waals surface area (Å²) in [6.07, 6.45) is 4.42. The average Bonchev–Trinajstić information content (AvgIpc) is 2.97. The van der Waals surface area contributed by atoms with Gasteiger partial charge in [-0.2, -0.15) is 0 Å². The topological polar surface area (TPSA) is 46.6 Å². The molecule has 2 rings (SSSR count). The van der Waals surface area contributed by atoms with Crippen LogP contribution >= 0.6 is 0 Å². The maximum Gasteiger partial charge on any atom is 0.410 e. The molecule has 0 aromatic heterocycles. The highest BCUT2D eigenvalue weighted by atomic mass is 16.6. The molecule has 1 aromatic carbocycles. The van der Waals surface area contributed by atoms with Crippen LogP contribution in [-0.2, 0) is 14.9 Å². The van der Waals surface area contributed by atoms with Gasteiger partial charge in [0.1, 0.15) is 11.9 Å². The molecule has 0 N–H and O–H groups in total. The van der Waals surface area contributed by atoms with E-state index in [-0.39, 0.29) is 5.41 Å². The summed E-state index contributed by atoms with van der Waals surface area (Å²) in [6.45, 7) is 5.49. The molecule has 23 heavy (non-hydrogen) atoms. The Morgan fingerprint density at radius 1 is 1.22 bits per heavy atom. The van der Waals surface area contributed by atoms with Gasteiger partial charge in [0, 0.05) is 12.5 Å². The summed E-state index contributed by atoms with van der Waals surface area (Å²) < 4.78 is 5.45. The minimum absolute atomic E-state index is 0.311. The third kappa shape index (κ3) is 3.74. The molecule has 1 unspecified atom stereocenters. The highest BCUT2D eigenvalue weighted by Crippen LogP contribution is 2.45. The van der Waals surface area contributed by atoms with Gasteiger partial charge < -0.3 is 14.4 Å². The van der Waals surface area contributed by atoms with Crippen molar-refractivity contribution in [3.8, 4) is 0 Å². The van der Waals surface area contributed by atoms with E-state index >= 15 is 0 Å².